The van der Waals surface area contributed by atoms with E-state index in [0.29, 0.717) is 30.5 Å². The quantitative estimate of drug-likeness (QED) is 0.842. The van der Waals surface area contributed by atoms with Crippen LogP contribution in [0.2, 0.25) is 0 Å². The monoisotopic (exact) mass is 378 g/mol. The summed E-state index contributed by atoms with van der Waals surface area (Å²) in [6, 6.07) is 0. The first-order valence-corrected chi connectivity index (χ1v) is 9.78. The van der Waals surface area contributed by atoms with E-state index in [1.807, 2.05) is 0 Å². The lowest BCUT2D eigenvalue weighted by Gasteiger charge is -2.36. The Bertz CT molecular complexity index is 616. The minimum atomic E-state index is -3.50. The van der Waals surface area contributed by atoms with Gasteiger partial charge in [0.2, 0.25) is 10.0 Å². The van der Waals surface area contributed by atoms with E-state index in [1.165, 1.54) is 12.8 Å². The Morgan fingerprint density at radius 3 is 2.50 bits per heavy atom. The molecule has 1 aromatic heterocycles. The summed E-state index contributed by atoms with van der Waals surface area (Å²) in [5.41, 5.74) is 0.443. The van der Waals surface area contributed by atoms with Gasteiger partial charge in [-0.2, -0.15) is 4.31 Å². The number of aromatic nitrogens is 1. The summed E-state index contributed by atoms with van der Waals surface area (Å²) in [5, 5.41) is 7.21. The van der Waals surface area contributed by atoms with E-state index in [0.717, 1.165) is 32.7 Å². The molecule has 1 N–H and O–H groups in total. The molecule has 1 atom stereocenters. The number of halogens is 1. The summed E-state index contributed by atoms with van der Waals surface area (Å²) in [7, 11) is -3.50. The second kappa shape index (κ2) is 8.14. The molecule has 2 aliphatic heterocycles. The molecule has 0 radical (unpaired) electrons. The maximum atomic E-state index is 12.8. The van der Waals surface area contributed by atoms with E-state index in [4.69, 9.17) is 4.52 Å². The summed E-state index contributed by atoms with van der Waals surface area (Å²) in [4.78, 5) is 2.62. The third kappa shape index (κ3) is 4.11. The molecule has 1 aromatic rings. The Morgan fingerprint density at radius 1 is 1.25 bits per heavy atom. The highest BCUT2D eigenvalue weighted by atomic mass is 35.5. The van der Waals surface area contributed by atoms with E-state index >= 15 is 0 Å². The first kappa shape index (κ1) is 19.7. The molecule has 2 saturated heterocycles. The van der Waals surface area contributed by atoms with Crippen molar-refractivity contribution in [2.24, 2.45) is 5.92 Å². The molecule has 0 bridgehead atoms. The van der Waals surface area contributed by atoms with Crippen LogP contribution < -0.4 is 5.32 Å². The van der Waals surface area contributed by atoms with Gasteiger partial charge in [-0.05, 0) is 45.7 Å². The van der Waals surface area contributed by atoms with Crippen molar-refractivity contribution in [3.8, 4) is 0 Å². The SMILES string of the molecule is Cc1noc(C)c1S(=O)(=O)N1CCN(CC2CCCNC2)CC1.Cl. The molecule has 1 unspecified atom stereocenters. The summed E-state index contributed by atoms with van der Waals surface area (Å²) in [5.74, 6) is 1.06. The Hall–Kier alpha value is -0.670. The zero-order valence-corrected chi connectivity index (χ0v) is 16.0. The largest absolute Gasteiger partial charge is 0.360 e. The third-order valence-electron chi connectivity index (χ3n) is 4.81. The standard InChI is InChI=1S/C15H26N4O3S.ClH/c1-12-15(13(2)22-17-12)23(20,21)19-8-6-18(7-9-19)11-14-4-3-5-16-10-14;/h14,16H,3-11H2,1-2H3;1H. The van der Waals surface area contributed by atoms with Gasteiger partial charge in [-0.15, -0.1) is 12.4 Å². The number of hydrogen-bond donors (Lipinski definition) is 1. The molecule has 2 aliphatic rings. The van der Waals surface area contributed by atoms with Gasteiger partial charge < -0.3 is 14.7 Å². The molecule has 3 rings (SSSR count). The zero-order valence-electron chi connectivity index (χ0n) is 14.3. The van der Waals surface area contributed by atoms with E-state index in [1.54, 1.807) is 18.2 Å². The van der Waals surface area contributed by atoms with Gasteiger partial charge in [0.05, 0.1) is 0 Å². The molecular weight excluding hydrogens is 352 g/mol. The van der Waals surface area contributed by atoms with Crippen LogP contribution in [0.5, 0.6) is 0 Å². The predicted octanol–water partition coefficient (Wildman–Crippen LogP) is 1.02. The number of nitrogens with one attached hydrogen (secondary N) is 1. The van der Waals surface area contributed by atoms with Gasteiger partial charge in [0.25, 0.3) is 0 Å². The van der Waals surface area contributed by atoms with Crippen LogP contribution in [0.15, 0.2) is 9.42 Å². The topological polar surface area (TPSA) is 78.7 Å². The Kier molecular flexibility index (Phi) is 6.66. The van der Waals surface area contributed by atoms with E-state index in [2.05, 4.69) is 15.4 Å². The number of aryl methyl sites for hydroxylation is 2. The van der Waals surface area contributed by atoms with Crippen molar-refractivity contribution < 1.29 is 12.9 Å². The van der Waals surface area contributed by atoms with Gasteiger partial charge in [-0.3, -0.25) is 0 Å². The van der Waals surface area contributed by atoms with Crippen molar-refractivity contribution >= 4 is 22.4 Å². The van der Waals surface area contributed by atoms with E-state index in [-0.39, 0.29) is 17.3 Å². The summed E-state index contributed by atoms with van der Waals surface area (Å²) < 4.78 is 32.2. The molecule has 0 amide bonds. The number of piperazine rings is 1. The van der Waals surface area contributed by atoms with Crippen molar-refractivity contribution in [2.75, 3.05) is 45.8 Å². The van der Waals surface area contributed by atoms with Crippen LogP contribution in [-0.2, 0) is 10.0 Å². The molecule has 0 saturated carbocycles. The van der Waals surface area contributed by atoms with E-state index < -0.39 is 10.0 Å². The van der Waals surface area contributed by atoms with Crippen molar-refractivity contribution in [3.05, 3.63) is 11.5 Å². The predicted molar refractivity (Wildman–Crippen MR) is 94.0 cm³/mol. The van der Waals surface area contributed by atoms with Crippen LogP contribution in [0.4, 0.5) is 0 Å². The van der Waals surface area contributed by atoms with Crippen LogP contribution >= 0.6 is 12.4 Å². The molecular formula is C15H27ClN4O3S. The fourth-order valence-electron chi connectivity index (χ4n) is 3.57. The first-order chi connectivity index (χ1) is 11.0. The van der Waals surface area contributed by atoms with Gasteiger partial charge in [0, 0.05) is 32.7 Å². The molecule has 7 nitrogen and oxygen atoms in total. The number of piperidine rings is 1. The number of sulfonamides is 1. The van der Waals surface area contributed by atoms with Crippen molar-refractivity contribution in [3.63, 3.8) is 0 Å². The van der Waals surface area contributed by atoms with Crippen LogP contribution in [0.3, 0.4) is 0 Å². The van der Waals surface area contributed by atoms with Gasteiger partial charge in [-0.1, -0.05) is 5.16 Å². The summed E-state index contributed by atoms with van der Waals surface area (Å²) in [6.07, 6.45) is 2.51. The van der Waals surface area contributed by atoms with Crippen LogP contribution in [0.1, 0.15) is 24.3 Å². The van der Waals surface area contributed by atoms with Crippen LogP contribution in [0, 0.1) is 19.8 Å². The Labute approximate surface area is 150 Å². The van der Waals surface area contributed by atoms with E-state index in [9.17, 15) is 8.42 Å². The average Bonchev–Trinajstić information content (AvgIpc) is 2.88. The fourth-order valence-corrected chi connectivity index (χ4v) is 5.28. The highest BCUT2D eigenvalue weighted by Crippen LogP contribution is 2.24. The normalized spacial score (nSPS) is 23.8. The minimum absolute atomic E-state index is 0. The van der Waals surface area contributed by atoms with Crippen molar-refractivity contribution in [1.29, 1.82) is 0 Å². The molecule has 3 heterocycles. The molecule has 9 heteroatoms. The second-order valence-electron chi connectivity index (χ2n) is 6.57. The summed E-state index contributed by atoms with van der Waals surface area (Å²) in [6.45, 7) is 9.25. The maximum Gasteiger partial charge on any atom is 0.248 e. The highest BCUT2D eigenvalue weighted by Gasteiger charge is 2.33. The number of rotatable bonds is 4. The maximum absolute atomic E-state index is 12.8. The van der Waals surface area contributed by atoms with Crippen molar-refractivity contribution in [1.82, 2.24) is 19.7 Å². The molecule has 0 aromatic carbocycles. The highest BCUT2D eigenvalue weighted by molar-refractivity contribution is 7.89. The smallest absolute Gasteiger partial charge is 0.248 e. The van der Waals surface area contributed by atoms with Gasteiger partial charge in [-0.25, -0.2) is 8.42 Å². The molecule has 0 aliphatic carbocycles. The first-order valence-electron chi connectivity index (χ1n) is 8.34. The number of hydrogen-bond acceptors (Lipinski definition) is 6. The Balaban J connectivity index is 0.00000208. The molecule has 2 fully saturated rings. The Morgan fingerprint density at radius 2 is 1.96 bits per heavy atom. The van der Waals surface area contributed by atoms with Crippen LogP contribution in [0.25, 0.3) is 0 Å². The zero-order chi connectivity index (χ0) is 16.4. The molecule has 24 heavy (non-hydrogen) atoms. The number of nitrogens with zero attached hydrogens (tertiary/aromatic N) is 3. The van der Waals surface area contributed by atoms with Crippen LogP contribution in [-0.4, -0.2) is 68.6 Å². The molecule has 0 spiro atoms. The fraction of sp³-hybridized carbons (Fsp3) is 0.800. The minimum Gasteiger partial charge on any atom is -0.360 e. The lowest BCUT2D eigenvalue weighted by atomic mass is 9.99. The lowest BCUT2D eigenvalue weighted by molar-refractivity contribution is 0.154. The van der Waals surface area contributed by atoms with Gasteiger partial charge in [0.15, 0.2) is 5.76 Å². The van der Waals surface area contributed by atoms with Gasteiger partial charge >= 0.3 is 0 Å². The third-order valence-corrected chi connectivity index (χ3v) is 6.96. The average molecular weight is 379 g/mol. The molecule has 138 valence electrons. The van der Waals surface area contributed by atoms with Crippen molar-refractivity contribution in [2.45, 2.75) is 31.6 Å². The summed E-state index contributed by atoms with van der Waals surface area (Å²) >= 11 is 0. The second-order valence-corrected chi connectivity index (χ2v) is 8.45. The van der Waals surface area contributed by atoms with Gasteiger partial charge in [0.1, 0.15) is 10.6 Å². The lowest BCUT2D eigenvalue weighted by Crippen LogP contribution is -2.50.